The first-order valence-electron chi connectivity index (χ1n) is 10.2. The monoisotopic (exact) mass is 399 g/mol. The molecule has 3 aliphatic heterocycles. The number of amides is 2. The Morgan fingerprint density at radius 3 is 2.93 bits per heavy atom. The number of carbonyl (C=O) groups excluding carboxylic acids is 2. The third kappa shape index (κ3) is 3.49. The number of rotatable bonds is 5. The molecule has 4 rings (SSSR count). The van der Waals surface area contributed by atoms with Crippen LogP contribution in [0.2, 0.25) is 0 Å². The van der Waals surface area contributed by atoms with E-state index in [0.717, 1.165) is 12.0 Å². The Bertz CT molecular complexity index is 856. The van der Waals surface area contributed by atoms with Gasteiger partial charge in [-0.3, -0.25) is 14.5 Å². The van der Waals surface area contributed by atoms with Crippen molar-refractivity contribution in [3.63, 3.8) is 0 Å². The van der Waals surface area contributed by atoms with Crippen LogP contribution in [0.25, 0.3) is 0 Å². The van der Waals surface area contributed by atoms with Gasteiger partial charge < -0.3 is 15.5 Å². The molecular weight excluding hydrogens is 373 g/mol. The van der Waals surface area contributed by atoms with Crippen LogP contribution in [0.5, 0.6) is 0 Å². The maximum absolute atomic E-state index is 13.6. The zero-order valence-electron chi connectivity index (χ0n) is 16.5. The van der Waals surface area contributed by atoms with Crippen molar-refractivity contribution < 1.29 is 14.0 Å². The van der Waals surface area contributed by atoms with Crippen LogP contribution in [0.1, 0.15) is 37.8 Å². The van der Waals surface area contributed by atoms with Gasteiger partial charge in [-0.2, -0.15) is 5.26 Å². The molecule has 0 unspecified atom stereocenters. The summed E-state index contributed by atoms with van der Waals surface area (Å²) in [5.41, 5.74) is 6.94. The van der Waals surface area contributed by atoms with Gasteiger partial charge >= 0.3 is 0 Å². The molecule has 8 heteroatoms. The van der Waals surface area contributed by atoms with Gasteiger partial charge in [-0.25, -0.2) is 4.39 Å². The fourth-order valence-electron chi connectivity index (χ4n) is 5.03. The number of nitrogens with zero attached hydrogens (tertiary/aromatic N) is 4. The van der Waals surface area contributed by atoms with E-state index in [1.165, 1.54) is 12.1 Å². The summed E-state index contributed by atoms with van der Waals surface area (Å²) in [6.07, 6.45) is 2.20. The van der Waals surface area contributed by atoms with E-state index in [2.05, 4.69) is 6.07 Å². The average molecular weight is 399 g/mol. The molecule has 29 heavy (non-hydrogen) atoms. The van der Waals surface area contributed by atoms with Gasteiger partial charge in [-0.05, 0) is 43.9 Å². The molecule has 0 saturated carbocycles. The van der Waals surface area contributed by atoms with Crippen LogP contribution in [-0.4, -0.2) is 70.3 Å². The smallest absolute Gasteiger partial charge is 0.241 e. The van der Waals surface area contributed by atoms with Crippen LogP contribution in [-0.2, 0) is 9.59 Å². The van der Waals surface area contributed by atoms with E-state index in [-0.39, 0.29) is 35.8 Å². The molecule has 3 heterocycles. The summed E-state index contributed by atoms with van der Waals surface area (Å²) < 4.78 is 13.6. The highest BCUT2D eigenvalue weighted by atomic mass is 19.1. The summed E-state index contributed by atoms with van der Waals surface area (Å²) in [5, 5.41) is 9.20. The topological polar surface area (TPSA) is 93.7 Å². The molecule has 2 bridgehead atoms. The molecule has 1 aromatic carbocycles. The van der Waals surface area contributed by atoms with Gasteiger partial charge in [0.25, 0.3) is 0 Å². The summed E-state index contributed by atoms with van der Waals surface area (Å²) in [6, 6.07) is 6.92. The molecule has 0 aliphatic carbocycles. The second kappa shape index (κ2) is 7.73. The van der Waals surface area contributed by atoms with Crippen molar-refractivity contribution in [3.05, 3.63) is 35.6 Å². The molecule has 3 fully saturated rings. The fourth-order valence-corrected chi connectivity index (χ4v) is 5.03. The highest BCUT2D eigenvalue weighted by molar-refractivity contribution is 5.87. The maximum atomic E-state index is 13.6. The Morgan fingerprint density at radius 2 is 2.24 bits per heavy atom. The minimum absolute atomic E-state index is 0.00809. The van der Waals surface area contributed by atoms with Crippen LogP contribution >= 0.6 is 0 Å². The number of nitriles is 1. The minimum atomic E-state index is -0.745. The van der Waals surface area contributed by atoms with Gasteiger partial charge in [-0.15, -0.1) is 0 Å². The molecule has 154 valence electrons. The molecule has 0 spiro atoms. The van der Waals surface area contributed by atoms with Crippen LogP contribution in [0.4, 0.5) is 4.39 Å². The molecule has 7 nitrogen and oxygen atoms in total. The van der Waals surface area contributed by atoms with Gasteiger partial charge in [0, 0.05) is 25.7 Å². The van der Waals surface area contributed by atoms with Crippen LogP contribution in [0.15, 0.2) is 24.3 Å². The molecule has 5 atom stereocenters. The second-order valence-corrected chi connectivity index (χ2v) is 8.26. The zero-order chi connectivity index (χ0) is 20.7. The van der Waals surface area contributed by atoms with Crippen LogP contribution in [0.3, 0.4) is 0 Å². The summed E-state index contributed by atoms with van der Waals surface area (Å²) in [6.45, 7) is 3.44. The third-order valence-electron chi connectivity index (χ3n) is 6.50. The summed E-state index contributed by atoms with van der Waals surface area (Å²) in [5.74, 6) is -0.516. The van der Waals surface area contributed by atoms with Crippen LogP contribution < -0.4 is 5.73 Å². The van der Waals surface area contributed by atoms with Crippen molar-refractivity contribution in [2.24, 2.45) is 5.73 Å². The summed E-state index contributed by atoms with van der Waals surface area (Å²) in [7, 11) is 0. The molecule has 2 amide bonds. The lowest BCUT2D eigenvalue weighted by atomic mass is 10.1. The van der Waals surface area contributed by atoms with Crippen molar-refractivity contribution in [1.82, 2.24) is 14.7 Å². The number of hydrogen-bond acceptors (Lipinski definition) is 5. The maximum Gasteiger partial charge on any atom is 0.241 e. The highest BCUT2D eigenvalue weighted by Gasteiger charge is 2.51. The van der Waals surface area contributed by atoms with Crippen molar-refractivity contribution in [2.75, 3.05) is 19.6 Å². The first kappa shape index (κ1) is 19.8. The molecule has 3 saturated heterocycles. The molecule has 3 aliphatic rings. The number of fused-ring (bicyclic) bond motifs is 2. The van der Waals surface area contributed by atoms with E-state index in [1.54, 1.807) is 11.0 Å². The standard InChI is InChI=1S/C21H26FN5O2/c1-13(14-4-2-5-15(22)8-14)27-17-9-19(21(27)29)25(11-17)12-18(24)20(28)26-7-3-6-16(26)10-23/h2,4-5,8,13,16-19H,3,6-7,9,11-12,24H2,1H3/t13-,16-,17-,18-,19-/m0/s1. The lowest BCUT2D eigenvalue weighted by molar-refractivity contribution is -0.141. The average Bonchev–Trinajstić information content (AvgIpc) is 3.41. The van der Waals surface area contributed by atoms with Crippen LogP contribution in [0, 0.1) is 17.1 Å². The van der Waals surface area contributed by atoms with E-state index in [4.69, 9.17) is 5.73 Å². The Labute approximate surface area is 169 Å². The first-order valence-corrected chi connectivity index (χ1v) is 10.2. The number of piperazine rings is 1. The third-order valence-corrected chi connectivity index (χ3v) is 6.50. The van der Waals surface area contributed by atoms with Crippen molar-refractivity contribution in [1.29, 1.82) is 5.26 Å². The number of halogens is 1. The Balaban J connectivity index is 1.40. The SMILES string of the molecule is C[C@@H](c1cccc(F)c1)N1C(=O)[C@@H]2C[C@H]1CN2C[C@H](N)C(=O)N1CCC[C@H]1C#N. The normalized spacial score (nSPS) is 28.6. The predicted molar refractivity (Wildman–Crippen MR) is 104 cm³/mol. The zero-order valence-corrected chi connectivity index (χ0v) is 16.5. The van der Waals surface area contributed by atoms with Gasteiger partial charge in [0.1, 0.15) is 11.9 Å². The number of nitrogens with two attached hydrogens (primary N) is 1. The van der Waals surface area contributed by atoms with Gasteiger partial charge in [0.15, 0.2) is 0 Å². The number of likely N-dealkylation sites (tertiary alicyclic amines) is 3. The minimum Gasteiger partial charge on any atom is -0.330 e. The largest absolute Gasteiger partial charge is 0.330 e. The number of carbonyl (C=O) groups is 2. The molecule has 0 aromatic heterocycles. The Kier molecular flexibility index (Phi) is 5.28. The molecular formula is C21H26FN5O2. The molecule has 0 radical (unpaired) electrons. The van der Waals surface area contributed by atoms with E-state index in [0.29, 0.717) is 32.5 Å². The highest BCUT2D eigenvalue weighted by Crippen LogP contribution is 2.38. The lowest BCUT2D eigenvalue weighted by Crippen LogP contribution is -2.56. The van der Waals surface area contributed by atoms with Gasteiger partial charge in [0.2, 0.25) is 11.8 Å². The van der Waals surface area contributed by atoms with Crippen molar-refractivity contribution >= 4 is 11.8 Å². The van der Waals surface area contributed by atoms with E-state index in [9.17, 15) is 19.2 Å². The fraction of sp³-hybridized carbons (Fsp3) is 0.571. The summed E-state index contributed by atoms with van der Waals surface area (Å²) in [4.78, 5) is 31.1. The first-order chi connectivity index (χ1) is 13.9. The summed E-state index contributed by atoms with van der Waals surface area (Å²) >= 11 is 0. The Morgan fingerprint density at radius 1 is 1.45 bits per heavy atom. The quantitative estimate of drug-likeness (QED) is 0.798. The van der Waals surface area contributed by atoms with Crippen molar-refractivity contribution in [2.45, 2.75) is 56.4 Å². The van der Waals surface area contributed by atoms with E-state index < -0.39 is 12.1 Å². The Hall–Kier alpha value is -2.50. The number of hydrogen-bond donors (Lipinski definition) is 1. The second-order valence-electron chi connectivity index (χ2n) is 8.26. The van der Waals surface area contributed by atoms with Gasteiger partial charge in [-0.1, -0.05) is 12.1 Å². The lowest BCUT2D eigenvalue weighted by Gasteiger charge is -2.38. The van der Waals surface area contributed by atoms with E-state index in [1.807, 2.05) is 22.8 Å². The van der Waals surface area contributed by atoms with Gasteiger partial charge in [0.05, 0.1) is 24.2 Å². The molecule has 2 N–H and O–H groups in total. The van der Waals surface area contributed by atoms with E-state index >= 15 is 0 Å². The predicted octanol–water partition coefficient (Wildman–Crippen LogP) is 1.01. The van der Waals surface area contributed by atoms with Crippen molar-refractivity contribution in [3.8, 4) is 6.07 Å². The molecule has 1 aromatic rings. The number of benzene rings is 1.